The second kappa shape index (κ2) is 7.20. The summed E-state index contributed by atoms with van der Waals surface area (Å²) < 4.78 is 0. The summed E-state index contributed by atoms with van der Waals surface area (Å²) in [5, 5.41) is 9.30. The molecule has 3 aromatic rings. The van der Waals surface area contributed by atoms with Crippen molar-refractivity contribution in [2.24, 2.45) is 0 Å². The maximum atomic E-state index is 9.30. The van der Waals surface area contributed by atoms with Crippen molar-refractivity contribution in [3.05, 3.63) is 108 Å². The maximum absolute atomic E-state index is 9.30. The van der Waals surface area contributed by atoms with Crippen molar-refractivity contribution >= 4 is 0 Å². The normalized spacial score (nSPS) is 11.3. The van der Waals surface area contributed by atoms with Crippen LogP contribution in [0.1, 0.15) is 16.7 Å². The van der Waals surface area contributed by atoms with Gasteiger partial charge in [0.15, 0.2) is 0 Å². The smallest absolute Gasteiger partial charge is 0.107 e. The molecule has 0 fully saturated rings. The maximum Gasteiger partial charge on any atom is 0.107 e. The van der Waals surface area contributed by atoms with Crippen LogP contribution in [0.4, 0.5) is 0 Å². The number of hydrogen-bond donors (Lipinski definition) is 3. The van der Waals surface area contributed by atoms with E-state index in [4.69, 9.17) is 0 Å². The lowest BCUT2D eigenvalue weighted by molar-refractivity contribution is 0.216. The van der Waals surface area contributed by atoms with E-state index in [-0.39, 0.29) is 6.73 Å². The van der Waals surface area contributed by atoms with Gasteiger partial charge in [0.05, 0.1) is 0 Å². The van der Waals surface area contributed by atoms with Crippen LogP contribution in [-0.4, -0.2) is 11.8 Å². The van der Waals surface area contributed by atoms with Gasteiger partial charge in [0.1, 0.15) is 12.3 Å². The molecule has 0 aliphatic carbocycles. The fourth-order valence-electron chi connectivity index (χ4n) is 2.95. The zero-order valence-corrected chi connectivity index (χ0v) is 12.8. The Morgan fingerprint density at radius 2 is 0.957 bits per heavy atom. The minimum atomic E-state index is -0.591. The number of rotatable bonds is 6. The average molecular weight is 304 g/mol. The summed E-state index contributed by atoms with van der Waals surface area (Å²) in [4.78, 5) is 0. The molecule has 0 bridgehead atoms. The Bertz CT molecular complexity index is 618. The second-order valence-corrected chi connectivity index (χ2v) is 5.31. The van der Waals surface area contributed by atoms with Gasteiger partial charge in [-0.3, -0.25) is 0 Å². The Morgan fingerprint density at radius 1 is 0.609 bits per heavy atom. The van der Waals surface area contributed by atoms with Crippen LogP contribution in [0.3, 0.4) is 0 Å². The highest BCUT2D eigenvalue weighted by Crippen LogP contribution is 2.36. The van der Waals surface area contributed by atoms with Gasteiger partial charge in [0.2, 0.25) is 0 Å². The highest BCUT2D eigenvalue weighted by atomic mass is 16.3. The van der Waals surface area contributed by atoms with Crippen LogP contribution < -0.4 is 10.9 Å². The third kappa shape index (κ3) is 3.03. The van der Waals surface area contributed by atoms with E-state index in [1.165, 1.54) is 0 Å². The van der Waals surface area contributed by atoms with Crippen LogP contribution in [0.5, 0.6) is 0 Å². The monoisotopic (exact) mass is 304 g/mol. The Labute approximate surface area is 136 Å². The molecule has 23 heavy (non-hydrogen) atoms. The van der Waals surface area contributed by atoms with Crippen LogP contribution in [0.25, 0.3) is 0 Å². The minimum absolute atomic E-state index is 0.158. The van der Waals surface area contributed by atoms with Gasteiger partial charge in [0, 0.05) is 0 Å². The van der Waals surface area contributed by atoms with Crippen molar-refractivity contribution in [1.29, 1.82) is 0 Å². The number of benzene rings is 3. The number of aliphatic hydroxyl groups is 1. The largest absolute Gasteiger partial charge is 0.380 e. The van der Waals surface area contributed by atoms with Crippen LogP contribution in [0.15, 0.2) is 91.0 Å². The van der Waals surface area contributed by atoms with Gasteiger partial charge in [-0.2, -0.15) is 0 Å². The molecule has 0 saturated heterocycles. The Hall–Kier alpha value is -2.46. The fraction of sp³-hybridized carbons (Fsp3) is 0.100. The molecule has 0 aromatic heterocycles. The minimum Gasteiger partial charge on any atom is -0.380 e. The standard InChI is InChI=1S/C20H20N2O/c23-16-21-22-20(17-10-4-1-5-11-17,18-12-6-2-7-13-18)19-14-8-3-9-15-19/h1-15,21-23H,16H2. The Morgan fingerprint density at radius 3 is 1.26 bits per heavy atom. The van der Waals surface area contributed by atoms with Crippen molar-refractivity contribution in [3.8, 4) is 0 Å². The number of aliphatic hydroxyl groups excluding tert-OH is 1. The van der Waals surface area contributed by atoms with Gasteiger partial charge in [-0.1, -0.05) is 91.0 Å². The van der Waals surface area contributed by atoms with Crippen molar-refractivity contribution in [3.63, 3.8) is 0 Å². The van der Waals surface area contributed by atoms with Crippen molar-refractivity contribution in [2.45, 2.75) is 5.54 Å². The summed E-state index contributed by atoms with van der Waals surface area (Å²) in [7, 11) is 0. The van der Waals surface area contributed by atoms with E-state index >= 15 is 0 Å². The molecule has 116 valence electrons. The van der Waals surface area contributed by atoms with E-state index in [0.717, 1.165) is 16.7 Å². The summed E-state index contributed by atoms with van der Waals surface area (Å²) >= 11 is 0. The van der Waals surface area contributed by atoms with E-state index < -0.39 is 5.54 Å². The lowest BCUT2D eigenvalue weighted by Crippen LogP contribution is -2.51. The average Bonchev–Trinajstić information content (AvgIpc) is 2.65. The van der Waals surface area contributed by atoms with Gasteiger partial charge in [0.25, 0.3) is 0 Å². The van der Waals surface area contributed by atoms with E-state index in [0.29, 0.717) is 0 Å². The number of hydrazine groups is 1. The number of hydrogen-bond acceptors (Lipinski definition) is 3. The highest BCUT2D eigenvalue weighted by molar-refractivity contribution is 5.49. The molecule has 0 aliphatic heterocycles. The summed E-state index contributed by atoms with van der Waals surface area (Å²) in [5.41, 5.74) is 8.92. The third-order valence-electron chi connectivity index (χ3n) is 3.98. The molecule has 3 rings (SSSR count). The molecule has 3 heteroatoms. The zero-order chi connectivity index (χ0) is 16.0. The molecule has 0 unspecified atom stereocenters. The second-order valence-electron chi connectivity index (χ2n) is 5.31. The lowest BCUT2D eigenvalue weighted by Gasteiger charge is -2.36. The molecule has 0 aliphatic rings. The van der Waals surface area contributed by atoms with Gasteiger partial charge in [-0.25, -0.2) is 10.9 Å². The van der Waals surface area contributed by atoms with Gasteiger partial charge >= 0.3 is 0 Å². The molecule has 3 aromatic carbocycles. The van der Waals surface area contributed by atoms with E-state index in [1.807, 2.05) is 54.6 Å². The van der Waals surface area contributed by atoms with Crippen LogP contribution >= 0.6 is 0 Å². The molecule has 0 amide bonds. The van der Waals surface area contributed by atoms with Crippen molar-refractivity contribution in [1.82, 2.24) is 10.9 Å². The van der Waals surface area contributed by atoms with E-state index in [2.05, 4.69) is 47.2 Å². The van der Waals surface area contributed by atoms with Crippen LogP contribution in [0.2, 0.25) is 0 Å². The van der Waals surface area contributed by atoms with E-state index in [9.17, 15) is 5.11 Å². The summed E-state index contributed by atoms with van der Waals surface area (Å²) in [6.07, 6.45) is 0. The molecule has 0 saturated carbocycles. The molecule has 3 N–H and O–H groups in total. The molecule has 0 radical (unpaired) electrons. The molecule has 0 heterocycles. The first-order chi connectivity index (χ1) is 11.4. The predicted octanol–water partition coefficient (Wildman–Crippen LogP) is 3.02. The molecular weight excluding hydrogens is 284 g/mol. The molecule has 0 spiro atoms. The topological polar surface area (TPSA) is 44.3 Å². The number of nitrogens with one attached hydrogen (secondary N) is 2. The first-order valence-corrected chi connectivity index (χ1v) is 7.65. The first kappa shape index (κ1) is 15.4. The Kier molecular flexibility index (Phi) is 4.83. The molecular formula is C20H20N2O. The molecule has 0 atom stereocenters. The van der Waals surface area contributed by atoms with Crippen molar-refractivity contribution in [2.75, 3.05) is 6.73 Å². The van der Waals surface area contributed by atoms with E-state index in [1.54, 1.807) is 0 Å². The first-order valence-electron chi connectivity index (χ1n) is 7.65. The SMILES string of the molecule is OCNNC(c1ccccc1)(c1ccccc1)c1ccccc1. The third-order valence-corrected chi connectivity index (χ3v) is 3.98. The van der Waals surface area contributed by atoms with Crippen LogP contribution in [-0.2, 0) is 5.54 Å². The molecule has 3 nitrogen and oxygen atoms in total. The zero-order valence-electron chi connectivity index (χ0n) is 12.8. The van der Waals surface area contributed by atoms with Gasteiger partial charge in [-0.15, -0.1) is 0 Å². The van der Waals surface area contributed by atoms with Gasteiger partial charge < -0.3 is 5.11 Å². The highest BCUT2D eigenvalue weighted by Gasteiger charge is 2.35. The van der Waals surface area contributed by atoms with Crippen LogP contribution in [0, 0.1) is 0 Å². The summed E-state index contributed by atoms with van der Waals surface area (Å²) in [5.74, 6) is 0. The lowest BCUT2D eigenvalue weighted by atomic mass is 9.77. The summed E-state index contributed by atoms with van der Waals surface area (Å²) in [6, 6.07) is 30.7. The quantitative estimate of drug-likeness (QED) is 0.373. The van der Waals surface area contributed by atoms with Gasteiger partial charge in [-0.05, 0) is 16.7 Å². The predicted molar refractivity (Wildman–Crippen MR) is 92.6 cm³/mol. The summed E-state index contributed by atoms with van der Waals surface area (Å²) in [6.45, 7) is -0.158. The van der Waals surface area contributed by atoms with Crippen molar-refractivity contribution < 1.29 is 5.11 Å². The fourth-order valence-corrected chi connectivity index (χ4v) is 2.95. The Balaban J connectivity index is 2.25.